The van der Waals surface area contributed by atoms with Crippen molar-refractivity contribution in [2.24, 2.45) is 0 Å². The van der Waals surface area contributed by atoms with Gasteiger partial charge in [-0.1, -0.05) is 36.4 Å². The monoisotopic (exact) mass is 598 g/mol. The van der Waals surface area contributed by atoms with Crippen molar-refractivity contribution in [3.05, 3.63) is 95.6 Å². The maximum Gasteiger partial charge on any atom is 0.132 e. The smallest absolute Gasteiger partial charge is 0.132 e. The summed E-state index contributed by atoms with van der Waals surface area (Å²) in [6.45, 7) is 5.49. The molecule has 4 nitrogen and oxygen atoms in total. The minimum absolute atomic E-state index is 0. The molecular formula is C30H38Cl2F2N2O2S. The van der Waals surface area contributed by atoms with Crippen molar-refractivity contribution < 1.29 is 18.6 Å². The molecule has 0 radical (unpaired) electrons. The number of piperazine rings is 1. The molecule has 9 heteroatoms. The zero-order chi connectivity index (χ0) is 26.0. The highest BCUT2D eigenvalue weighted by atomic mass is 35.5. The minimum atomic E-state index is -0.395. The molecule has 3 aromatic carbocycles. The topological polar surface area (TPSA) is 35.9 Å². The van der Waals surface area contributed by atoms with Gasteiger partial charge in [0, 0.05) is 49.3 Å². The minimum Gasteiger partial charge on any atom is -0.496 e. The Bertz CT molecular complexity index is 1060. The second-order valence-corrected chi connectivity index (χ2v) is 10.6. The van der Waals surface area contributed by atoms with Crippen molar-refractivity contribution >= 4 is 36.6 Å². The van der Waals surface area contributed by atoms with Crippen LogP contribution in [0, 0.1) is 11.6 Å². The van der Waals surface area contributed by atoms with E-state index >= 15 is 0 Å². The lowest BCUT2D eigenvalue weighted by Gasteiger charge is -2.35. The first kappa shape index (κ1) is 33.3. The molecule has 0 saturated carbocycles. The van der Waals surface area contributed by atoms with Crippen LogP contribution < -0.4 is 4.74 Å². The van der Waals surface area contributed by atoms with Crippen molar-refractivity contribution in [3.8, 4) is 5.75 Å². The van der Waals surface area contributed by atoms with Crippen molar-refractivity contribution in [3.63, 3.8) is 0 Å². The highest BCUT2D eigenvalue weighted by Crippen LogP contribution is 2.31. The molecular weight excluding hydrogens is 561 g/mol. The van der Waals surface area contributed by atoms with E-state index in [0.29, 0.717) is 12.3 Å². The molecule has 0 aromatic heterocycles. The standard InChI is InChI=1S/C30H36F2N2O2S.2ClH/c1-36-29-6-2-3-7-30(29)37-22-27(35)21-34-19-17-33(18-20-34)16-4-5-28(23-8-12-25(31)13-9-23)24-10-14-26(32)15-11-24;;/h2-3,6-15,27-28,35H,4-5,16-22H2,1H3;2*1H. The molecule has 0 aliphatic carbocycles. The van der Waals surface area contributed by atoms with Crippen LogP contribution in [0.2, 0.25) is 0 Å². The average Bonchev–Trinajstić information content (AvgIpc) is 2.92. The van der Waals surface area contributed by atoms with Crippen LogP contribution in [0.15, 0.2) is 77.7 Å². The normalized spacial score (nSPS) is 14.9. The molecule has 1 atom stereocenters. The zero-order valence-electron chi connectivity index (χ0n) is 22.2. The predicted octanol–water partition coefficient (Wildman–Crippen LogP) is 6.50. The van der Waals surface area contributed by atoms with Gasteiger partial charge in [-0.2, -0.15) is 0 Å². The highest BCUT2D eigenvalue weighted by molar-refractivity contribution is 7.99. The Morgan fingerprint density at radius 1 is 0.821 bits per heavy atom. The van der Waals surface area contributed by atoms with Gasteiger partial charge in [0.15, 0.2) is 0 Å². The molecule has 1 unspecified atom stereocenters. The molecule has 1 saturated heterocycles. The number of thioether (sulfide) groups is 1. The largest absolute Gasteiger partial charge is 0.496 e. The van der Waals surface area contributed by atoms with Gasteiger partial charge in [0.25, 0.3) is 0 Å². The first-order valence-electron chi connectivity index (χ1n) is 12.9. The van der Waals surface area contributed by atoms with Gasteiger partial charge in [-0.3, -0.25) is 4.90 Å². The number of methoxy groups -OCH3 is 1. The van der Waals surface area contributed by atoms with E-state index < -0.39 is 6.10 Å². The molecule has 4 rings (SSSR count). The molecule has 39 heavy (non-hydrogen) atoms. The van der Waals surface area contributed by atoms with Crippen LogP contribution in [-0.2, 0) is 0 Å². The Hall–Kier alpha value is -1.87. The van der Waals surface area contributed by atoms with Crippen LogP contribution >= 0.6 is 36.6 Å². The maximum absolute atomic E-state index is 13.5. The summed E-state index contributed by atoms with van der Waals surface area (Å²) in [5, 5.41) is 10.6. The number of hydrogen-bond acceptors (Lipinski definition) is 5. The van der Waals surface area contributed by atoms with Gasteiger partial charge in [-0.15, -0.1) is 36.6 Å². The molecule has 1 aliphatic rings. The number of aliphatic hydroxyl groups excluding tert-OH is 1. The molecule has 0 spiro atoms. The Morgan fingerprint density at radius 3 is 1.92 bits per heavy atom. The second kappa shape index (κ2) is 17.1. The SMILES string of the molecule is COc1ccccc1SCC(O)CN1CCN(CCCC(c2ccc(F)cc2)c2ccc(F)cc2)CC1.Cl.Cl. The number of ether oxygens (including phenoxy) is 1. The van der Waals surface area contributed by atoms with Crippen LogP contribution in [0.1, 0.15) is 29.9 Å². The van der Waals surface area contributed by atoms with Crippen LogP contribution in [0.25, 0.3) is 0 Å². The molecule has 1 N–H and O–H groups in total. The summed E-state index contributed by atoms with van der Waals surface area (Å²) < 4.78 is 32.4. The van der Waals surface area contributed by atoms with Gasteiger partial charge in [0.1, 0.15) is 17.4 Å². The van der Waals surface area contributed by atoms with Crippen molar-refractivity contribution in [2.75, 3.05) is 52.1 Å². The molecule has 1 heterocycles. The van der Waals surface area contributed by atoms with Gasteiger partial charge in [-0.05, 0) is 66.9 Å². The van der Waals surface area contributed by atoms with Gasteiger partial charge in [-0.25, -0.2) is 8.78 Å². The summed E-state index contributed by atoms with van der Waals surface area (Å²) in [6.07, 6.45) is 1.52. The first-order valence-corrected chi connectivity index (χ1v) is 13.9. The maximum atomic E-state index is 13.5. The van der Waals surface area contributed by atoms with Gasteiger partial charge in [0.05, 0.1) is 13.2 Å². The van der Waals surface area contributed by atoms with Gasteiger partial charge < -0.3 is 14.7 Å². The van der Waals surface area contributed by atoms with Crippen molar-refractivity contribution in [1.29, 1.82) is 0 Å². The second-order valence-electron chi connectivity index (χ2n) is 9.56. The fourth-order valence-corrected chi connectivity index (χ4v) is 5.85. The first-order chi connectivity index (χ1) is 18.0. The fourth-order valence-electron chi connectivity index (χ4n) is 4.91. The van der Waals surface area contributed by atoms with E-state index in [4.69, 9.17) is 4.74 Å². The Labute approximate surface area is 247 Å². The van der Waals surface area contributed by atoms with Gasteiger partial charge in [0.2, 0.25) is 0 Å². The van der Waals surface area contributed by atoms with Crippen LogP contribution in [0.3, 0.4) is 0 Å². The van der Waals surface area contributed by atoms with E-state index in [0.717, 1.165) is 67.3 Å². The number of nitrogens with zero attached hydrogens (tertiary/aromatic N) is 2. The number of hydrogen-bond donors (Lipinski definition) is 1. The zero-order valence-corrected chi connectivity index (χ0v) is 24.6. The third-order valence-corrected chi connectivity index (χ3v) is 8.15. The van der Waals surface area contributed by atoms with Crippen molar-refractivity contribution in [1.82, 2.24) is 9.80 Å². The van der Waals surface area contributed by atoms with Crippen LogP contribution in [0.4, 0.5) is 8.78 Å². The molecule has 0 bridgehead atoms. The third-order valence-electron chi connectivity index (χ3n) is 6.95. The molecule has 0 amide bonds. The quantitative estimate of drug-likeness (QED) is 0.241. The third kappa shape index (κ3) is 10.2. The van der Waals surface area contributed by atoms with E-state index in [-0.39, 0.29) is 42.4 Å². The van der Waals surface area contributed by atoms with E-state index in [1.807, 2.05) is 48.5 Å². The lowest BCUT2D eigenvalue weighted by atomic mass is 9.87. The van der Waals surface area contributed by atoms with Crippen molar-refractivity contribution in [2.45, 2.75) is 29.8 Å². The number of halogens is 4. The molecule has 3 aromatic rings. The number of β-amino-alcohol motifs (C(OH)–C–C–N with tert-alkyl or cyclic N) is 1. The highest BCUT2D eigenvalue weighted by Gasteiger charge is 2.21. The Kier molecular flexibility index (Phi) is 14.6. The van der Waals surface area contributed by atoms with E-state index in [9.17, 15) is 13.9 Å². The molecule has 1 aliphatic heterocycles. The fraction of sp³-hybridized carbons (Fsp3) is 0.400. The summed E-state index contributed by atoms with van der Waals surface area (Å²) in [4.78, 5) is 5.86. The number of rotatable bonds is 12. The van der Waals surface area contributed by atoms with E-state index in [1.165, 1.54) is 24.3 Å². The average molecular weight is 600 g/mol. The number of para-hydroxylation sites is 1. The summed E-state index contributed by atoms with van der Waals surface area (Å²) >= 11 is 1.63. The van der Waals surface area contributed by atoms with Crippen LogP contribution in [0.5, 0.6) is 5.75 Å². The summed E-state index contributed by atoms with van der Waals surface area (Å²) in [7, 11) is 1.67. The summed E-state index contributed by atoms with van der Waals surface area (Å²) in [5.74, 6) is 1.09. The number of benzene rings is 3. The summed E-state index contributed by atoms with van der Waals surface area (Å²) in [6, 6.07) is 21.2. The predicted molar refractivity (Wildman–Crippen MR) is 161 cm³/mol. The molecule has 1 fully saturated rings. The van der Waals surface area contributed by atoms with Gasteiger partial charge >= 0.3 is 0 Å². The lowest BCUT2D eigenvalue weighted by molar-refractivity contribution is 0.0819. The lowest BCUT2D eigenvalue weighted by Crippen LogP contribution is -2.49. The summed E-state index contributed by atoms with van der Waals surface area (Å²) in [5.41, 5.74) is 2.11. The number of aliphatic hydroxyl groups is 1. The van der Waals surface area contributed by atoms with E-state index in [1.54, 1.807) is 18.9 Å². The molecule has 214 valence electrons. The van der Waals surface area contributed by atoms with E-state index in [2.05, 4.69) is 9.80 Å². The Balaban J connectivity index is 0.00000267. The Morgan fingerprint density at radius 2 is 1.36 bits per heavy atom. The van der Waals surface area contributed by atoms with Crippen LogP contribution in [-0.4, -0.2) is 73.1 Å².